The van der Waals surface area contributed by atoms with Crippen LogP contribution in [0.3, 0.4) is 0 Å². The lowest BCUT2D eigenvalue weighted by Gasteiger charge is -2.28. The van der Waals surface area contributed by atoms with Crippen molar-refractivity contribution in [2.75, 3.05) is 12.3 Å². The highest BCUT2D eigenvalue weighted by atomic mass is 16.8. The van der Waals surface area contributed by atoms with Crippen molar-refractivity contribution in [3.63, 3.8) is 0 Å². The summed E-state index contributed by atoms with van der Waals surface area (Å²) in [5.74, 6) is -1.58. The van der Waals surface area contributed by atoms with Crippen LogP contribution in [0.15, 0.2) is 51.0 Å². The summed E-state index contributed by atoms with van der Waals surface area (Å²) < 4.78 is 15.3. The fourth-order valence-corrected chi connectivity index (χ4v) is 2.88. The van der Waals surface area contributed by atoms with E-state index in [-0.39, 0.29) is 33.7 Å². The average Bonchev–Trinajstić information content (AvgIpc) is 2.59. The van der Waals surface area contributed by atoms with Gasteiger partial charge in [0.2, 0.25) is 5.88 Å². The van der Waals surface area contributed by atoms with E-state index in [0.717, 1.165) is 7.11 Å². The van der Waals surface area contributed by atoms with E-state index in [2.05, 4.69) is 0 Å². The standard InChI is InChI=1S/C17H15N2O7/c1-8-6-11-13(17(21)25-8)12(14(15(18)26-11)16(20)24-2)9-4-3-5-10(7-9)19(22)23/h3-7,12,22H,18H2,1-2H3/q-1. The van der Waals surface area contributed by atoms with Gasteiger partial charge in [0.15, 0.2) is 0 Å². The van der Waals surface area contributed by atoms with Crippen LogP contribution in [-0.4, -0.2) is 18.3 Å². The zero-order valence-electron chi connectivity index (χ0n) is 13.9. The van der Waals surface area contributed by atoms with E-state index in [1.54, 1.807) is 13.0 Å². The zero-order chi connectivity index (χ0) is 19.0. The first kappa shape index (κ1) is 17.5. The molecule has 9 nitrogen and oxygen atoms in total. The summed E-state index contributed by atoms with van der Waals surface area (Å²) >= 11 is 0. The van der Waals surface area contributed by atoms with Crippen molar-refractivity contribution >= 4 is 11.7 Å². The Morgan fingerprint density at radius 3 is 2.77 bits per heavy atom. The van der Waals surface area contributed by atoms with Crippen LogP contribution in [0.25, 0.3) is 0 Å². The first-order chi connectivity index (χ1) is 12.3. The van der Waals surface area contributed by atoms with Crippen LogP contribution in [0.4, 0.5) is 5.69 Å². The van der Waals surface area contributed by atoms with Gasteiger partial charge in [0.25, 0.3) is 0 Å². The number of nitrogens with two attached hydrogens (primary N) is 1. The van der Waals surface area contributed by atoms with Crippen LogP contribution >= 0.6 is 0 Å². The van der Waals surface area contributed by atoms with Crippen LogP contribution in [0.1, 0.15) is 22.8 Å². The molecular formula is C17H15N2O7-. The average molecular weight is 359 g/mol. The lowest BCUT2D eigenvalue weighted by Crippen LogP contribution is -2.30. The van der Waals surface area contributed by atoms with Crippen molar-refractivity contribution in [2.24, 2.45) is 5.73 Å². The predicted molar refractivity (Wildman–Crippen MR) is 89.5 cm³/mol. The van der Waals surface area contributed by atoms with Crippen molar-refractivity contribution < 1.29 is 23.9 Å². The molecule has 9 heteroatoms. The molecular weight excluding hydrogens is 344 g/mol. The summed E-state index contributed by atoms with van der Waals surface area (Å²) in [7, 11) is 1.16. The summed E-state index contributed by atoms with van der Waals surface area (Å²) in [6.45, 7) is 1.57. The highest BCUT2D eigenvalue weighted by Crippen LogP contribution is 2.41. The van der Waals surface area contributed by atoms with Crippen LogP contribution < -0.4 is 21.3 Å². The number of hydrogen-bond donors (Lipinski definition) is 2. The molecule has 1 aliphatic heterocycles. The smallest absolute Gasteiger partial charge is 0.343 e. The summed E-state index contributed by atoms with van der Waals surface area (Å²) in [6, 6.07) is 7.21. The van der Waals surface area contributed by atoms with Crippen LogP contribution in [0.5, 0.6) is 5.75 Å². The molecule has 3 rings (SSSR count). The SMILES string of the molecule is COC(=O)C1=C(N)Oc2cc(C)oc(=O)c2C1c1cccc(N([O-])O)c1. The first-order valence-corrected chi connectivity index (χ1v) is 7.50. The molecule has 0 bridgehead atoms. The lowest BCUT2D eigenvalue weighted by molar-refractivity contribution is -0.136. The number of benzene rings is 1. The molecule has 0 amide bonds. The molecule has 2 aromatic rings. The number of aryl methyl sites for hydroxylation is 1. The Kier molecular flexibility index (Phi) is 4.41. The number of ether oxygens (including phenoxy) is 2. The van der Waals surface area contributed by atoms with Crippen LogP contribution in [0, 0.1) is 12.1 Å². The predicted octanol–water partition coefficient (Wildman–Crippen LogP) is 1.51. The molecule has 3 N–H and O–H groups in total. The zero-order valence-corrected chi connectivity index (χ0v) is 13.9. The monoisotopic (exact) mass is 359 g/mol. The second-order valence-electron chi connectivity index (χ2n) is 5.59. The van der Waals surface area contributed by atoms with E-state index in [1.165, 1.54) is 24.3 Å². The van der Waals surface area contributed by atoms with Gasteiger partial charge in [-0.3, -0.25) is 5.21 Å². The van der Waals surface area contributed by atoms with E-state index in [1.807, 2.05) is 0 Å². The summed E-state index contributed by atoms with van der Waals surface area (Å²) in [6.07, 6.45) is 0. The molecule has 26 heavy (non-hydrogen) atoms. The van der Waals surface area contributed by atoms with Crippen molar-refractivity contribution in [1.82, 2.24) is 0 Å². The number of fused-ring (bicyclic) bond motifs is 1. The normalized spacial score (nSPS) is 15.9. The third kappa shape index (κ3) is 2.89. The molecule has 0 aliphatic carbocycles. The first-order valence-electron chi connectivity index (χ1n) is 7.50. The van der Waals surface area contributed by atoms with E-state index < -0.39 is 17.5 Å². The molecule has 0 spiro atoms. The molecule has 1 aromatic carbocycles. The lowest BCUT2D eigenvalue weighted by atomic mass is 9.83. The molecule has 136 valence electrons. The minimum Gasteiger partial charge on any atom is -0.733 e. The number of hydrogen-bond acceptors (Lipinski definition) is 9. The quantitative estimate of drug-likeness (QED) is 0.616. The maximum Gasteiger partial charge on any atom is 0.343 e. The van der Waals surface area contributed by atoms with E-state index >= 15 is 0 Å². The summed E-state index contributed by atoms with van der Waals surface area (Å²) in [5, 5.41) is 20.0. The van der Waals surface area contributed by atoms with Gasteiger partial charge >= 0.3 is 11.6 Å². The number of nitrogens with zero attached hydrogens (tertiary/aromatic N) is 1. The van der Waals surface area contributed by atoms with Crippen LogP contribution in [0.2, 0.25) is 0 Å². The van der Waals surface area contributed by atoms with Gasteiger partial charge in [0.05, 0.1) is 24.3 Å². The fourth-order valence-electron chi connectivity index (χ4n) is 2.88. The molecule has 0 saturated carbocycles. The van der Waals surface area contributed by atoms with E-state index in [0.29, 0.717) is 11.3 Å². The Morgan fingerprint density at radius 2 is 2.12 bits per heavy atom. The summed E-state index contributed by atoms with van der Waals surface area (Å²) in [4.78, 5) is 24.7. The molecule has 1 atom stereocenters. The van der Waals surface area contributed by atoms with Gasteiger partial charge in [-0.15, -0.1) is 0 Å². The second-order valence-corrected chi connectivity index (χ2v) is 5.59. The Balaban J connectivity index is 2.30. The number of carbonyl (C=O) groups is 1. The van der Waals surface area contributed by atoms with Gasteiger partial charge in [-0.2, -0.15) is 0 Å². The Labute approximate surface area is 147 Å². The van der Waals surface area contributed by atoms with Gasteiger partial charge in [-0.1, -0.05) is 12.1 Å². The summed E-state index contributed by atoms with van der Waals surface area (Å²) in [5.41, 5.74) is 5.38. The third-order valence-electron chi connectivity index (χ3n) is 3.97. The Bertz CT molecular complexity index is 962. The molecule has 0 radical (unpaired) electrons. The number of anilines is 1. The van der Waals surface area contributed by atoms with Gasteiger partial charge in [-0.25, -0.2) is 9.59 Å². The number of rotatable bonds is 3. The highest BCUT2D eigenvalue weighted by Gasteiger charge is 2.38. The van der Waals surface area contributed by atoms with Crippen molar-refractivity contribution in [3.05, 3.63) is 74.3 Å². The number of esters is 1. The van der Waals surface area contributed by atoms with E-state index in [9.17, 15) is 14.8 Å². The number of methoxy groups -OCH3 is 1. The van der Waals surface area contributed by atoms with Crippen molar-refractivity contribution in [2.45, 2.75) is 12.8 Å². The largest absolute Gasteiger partial charge is 0.733 e. The molecule has 0 fully saturated rings. The third-order valence-corrected chi connectivity index (χ3v) is 3.97. The maximum absolute atomic E-state index is 12.5. The highest BCUT2D eigenvalue weighted by molar-refractivity contribution is 5.92. The van der Waals surface area contributed by atoms with Crippen LogP contribution in [-0.2, 0) is 9.53 Å². The van der Waals surface area contributed by atoms with E-state index in [4.69, 9.17) is 24.8 Å². The molecule has 2 heterocycles. The second kappa shape index (κ2) is 6.54. The van der Waals surface area contributed by atoms with Crippen molar-refractivity contribution in [1.29, 1.82) is 0 Å². The number of carbonyl (C=O) groups excluding carboxylic acids is 1. The topological polar surface area (TPSA) is 138 Å². The van der Waals surface area contributed by atoms with Gasteiger partial charge in [0.1, 0.15) is 17.1 Å². The van der Waals surface area contributed by atoms with Gasteiger partial charge in [-0.05, 0) is 24.6 Å². The fraction of sp³-hybridized carbons (Fsp3) is 0.176. The molecule has 1 aliphatic rings. The minimum atomic E-state index is -0.997. The van der Waals surface area contributed by atoms with Gasteiger partial charge in [0, 0.05) is 6.07 Å². The Morgan fingerprint density at radius 1 is 1.38 bits per heavy atom. The van der Waals surface area contributed by atoms with Gasteiger partial charge < -0.3 is 30.1 Å². The van der Waals surface area contributed by atoms with Crippen molar-refractivity contribution in [3.8, 4) is 5.75 Å². The molecule has 1 unspecified atom stereocenters. The maximum atomic E-state index is 12.5. The minimum absolute atomic E-state index is 0.0396. The molecule has 0 saturated heterocycles. The Hall–Kier alpha value is -3.30. The molecule has 1 aromatic heterocycles.